The summed E-state index contributed by atoms with van der Waals surface area (Å²) in [6.45, 7) is 10.8. The zero-order valence-corrected chi connectivity index (χ0v) is 13.8. The summed E-state index contributed by atoms with van der Waals surface area (Å²) in [5.41, 5.74) is 2.44. The maximum absolute atomic E-state index is 4.57. The third-order valence-electron chi connectivity index (χ3n) is 3.23. The molecule has 4 heteroatoms. The number of nitrogens with zero attached hydrogens (tertiary/aromatic N) is 2. The number of hydrogen-bond acceptors (Lipinski definition) is 2. The van der Waals surface area contributed by atoms with E-state index in [1.807, 2.05) is 7.05 Å². The van der Waals surface area contributed by atoms with Gasteiger partial charge in [-0.3, -0.25) is 4.68 Å². The van der Waals surface area contributed by atoms with Crippen LogP contribution in [0, 0.1) is 18.8 Å². The van der Waals surface area contributed by atoms with Gasteiger partial charge < -0.3 is 5.32 Å². The van der Waals surface area contributed by atoms with E-state index in [2.05, 4.69) is 58.7 Å². The molecule has 0 bridgehead atoms. The molecule has 1 N–H and O–H groups in total. The third-order valence-corrected chi connectivity index (χ3v) is 4.26. The summed E-state index contributed by atoms with van der Waals surface area (Å²) in [6, 6.07) is 0. The minimum absolute atomic E-state index is 0.674. The Labute approximate surface area is 119 Å². The van der Waals surface area contributed by atoms with Crippen molar-refractivity contribution in [3.05, 3.63) is 15.9 Å². The topological polar surface area (TPSA) is 29.9 Å². The van der Waals surface area contributed by atoms with Gasteiger partial charge in [-0.15, -0.1) is 0 Å². The van der Waals surface area contributed by atoms with Crippen molar-refractivity contribution in [2.75, 3.05) is 13.6 Å². The van der Waals surface area contributed by atoms with Gasteiger partial charge >= 0.3 is 0 Å². The Morgan fingerprint density at radius 3 is 2.56 bits per heavy atom. The first-order chi connectivity index (χ1) is 8.49. The van der Waals surface area contributed by atoms with Crippen LogP contribution >= 0.6 is 15.9 Å². The fraction of sp³-hybridized carbons (Fsp3) is 0.786. The molecule has 0 aliphatic rings. The standard InChI is InChI=1S/C14H26BrN3/c1-6-18-13(14(15)11(4)17-18)8-12(9-16-5)7-10(2)3/h10,12,16H,6-9H2,1-5H3. The SMILES string of the molecule is CCn1nc(C)c(Br)c1CC(CNC)CC(C)C. The number of nitrogens with one attached hydrogen (secondary N) is 1. The van der Waals surface area contributed by atoms with Crippen molar-refractivity contribution in [3.63, 3.8) is 0 Å². The summed E-state index contributed by atoms with van der Waals surface area (Å²) in [5.74, 6) is 1.41. The van der Waals surface area contributed by atoms with Crippen LogP contribution in [-0.4, -0.2) is 23.4 Å². The van der Waals surface area contributed by atoms with E-state index in [1.165, 1.54) is 16.6 Å². The van der Waals surface area contributed by atoms with E-state index in [4.69, 9.17) is 0 Å². The van der Waals surface area contributed by atoms with E-state index in [0.29, 0.717) is 5.92 Å². The molecule has 1 atom stereocenters. The number of aryl methyl sites for hydroxylation is 2. The van der Waals surface area contributed by atoms with Crippen molar-refractivity contribution >= 4 is 15.9 Å². The minimum atomic E-state index is 0.674. The molecule has 0 radical (unpaired) electrons. The molecule has 1 aromatic rings. The second-order valence-corrected chi connectivity index (χ2v) is 6.21. The number of aromatic nitrogens is 2. The lowest BCUT2D eigenvalue weighted by atomic mass is 9.92. The van der Waals surface area contributed by atoms with E-state index in [0.717, 1.165) is 31.1 Å². The Morgan fingerprint density at radius 2 is 2.06 bits per heavy atom. The zero-order chi connectivity index (χ0) is 13.7. The van der Waals surface area contributed by atoms with Crippen LogP contribution in [0.3, 0.4) is 0 Å². The Morgan fingerprint density at radius 1 is 1.39 bits per heavy atom. The highest BCUT2D eigenvalue weighted by molar-refractivity contribution is 9.10. The maximum Gasteiger partial charge on any atom is 0.0738 e. The first kappa shape index (κ1) is 15.7. The van der Waals surface area contributed by atoms with Gasteiger partial charge in [-0.1, -0.05) is 13.8 Å². The Bertz CT molecular complexity index is 371. The molecular weight excluding hydrogens is 290 g/mol. The van der Waals surface area contributed by atoms with Crippen LogP contribution in [0.25, 0.3) is 0 Å². The van der Waals surface area contributed by atoms with Crippen molar-refractivity contribution in [2.45, 2.75) is 47.1 Å². The lowest BCUT2D eigenvalue weighted by molar-refractivity contribution is 0.385. The van der Waals surface area contributed by atoms with Gasteiger partial charge in [0, 0.05) is 6.54 Å². The first-order valence-electron chi connectivity index (χ1n) is 6.85. The second kappa shape index (κ2) is 7.29. The van der Waals surface area contributed by atoms with Crippen LogP contribution in [0.5, 0.6) is 0 Å². The molecule has 1 heterocycles. The fourth-order valence-electron chi connectivity index (χ4n) is 2.53. The third kappa shape index (κ3) is 4.09. The molecule has 0 fully saturated rings. The largest absolute Gasteiger partial charge is 0.319 e. The Hall–Kier alpha value is -0.350. The molecule has 104 valence electrons. The number of hydrogen-bond donors (Lipinski definition) is 1. The van der Waals surface area contributed by atoms with Gasteiger partial charge in [0.15, 0.2) is 0 Å². The predicted molar refractivity (Wildman–Crippen MR) is 80.9 cm³/mol. The molecule has 1 aromatic heterocycles. The molecule has 0 aromatic carbocycles. The van der Waals surface area contributed by atoms with Gasteiger partial charge in [-0.2, -0.15) is 5.10 Å². The quantitative estimate of drug-likeness (QED) is 0.835. The van der Waals surface area contributed by atoms with Crippen molar-refractivity contribution in [1.82, 2.24) is 15.1 Å². The van der Waals surface area contributed by atoms with Crippen molar-refractivity contribution < 1.29 is 0 Å². The zero-order valence-electron chi connectivity index (χ0n) is 12.3. The van der Waals surface area contributed by atoms with Crippen molar-refractivity contribution in [2.24, 2.45) is 11.8 Å². The minimum Gasteiger partial charge on any atom is -0.319 e. The van der Waals surface area contributed by atoms with Crippen molar-refractivity contribution in [1.29, 1.82) is 0 Å². The van der Waals surface area contributed by atoms with E-state index in [1.54, 1.807) is 0 Å². The van der Waals surface area contributed by atoms with E-state index in [-0.39, 0.29) is 0 Å². The fourth-order valence-corrected chi connectivity index (χ4v) is 2.98. The molecule has 3 nitrogen and oxygen atoms in total. The monoisotopic (exact) mass is 315 g/mol. The molecule has 0 saturated carbocycles. The smallest absolute Gasteiger partial charge is 0.0738 e. The second-order valence-electron chi connectivity index (χ2n) is 5.42. The van der Waals surface area contributed by atoms with Crippen LogP contribution in [0.1, 0.15) is 38.6 Å². The summed E-state index contributed by atoms with van der Waals surface area (Å²) < 4.78 is 3.32. The number of rotatable bonds is 7. The average molecular weight is 316 g/mol. The van der Waals surface area contributed by atoms with E-state index >= 15 is 0 Å². The Kier molecular flexibility index (Phi) is 6.36. The molecule has 0 saturated heterocycles. The first-order valence-corrected chi connectivity index (χ1v) is 7.65. The molecule has 1 rings (SSSR count). The Balaban J connectivity index is 2.85. The summed E-state index contributed by atoms with van der Waals surface area (Å²) in [7, 11) is 2.03. The average Bonchev–Trinajstić information content (AvgIpc) is 2.56. The summed E-state index contributed by atoms with van der Waals surface area (Å²) in [5, 5.41) is 7.88. The summed E-state index contributed by atoms with van der Waals surface area (Å²) in [4.78, 5) is 0. The van der Waals surface area contributed by atoms with E-state index in [9.17, 15) is 0 Å². The summed E-state index contributed by atoms with van der Waals surface area (Å²) >= 11 is 3.68. The van der Waals surface area contributed by atoms with Crippen molar-refractivity contribution in [3.8, 4) is 0 Å². The molecular formula is C14H26BrN3. The van der Waals surface area contributed by atoms with Gasteiger partial charge in [-0.25, -0.2) is 0 Å². The van der Waals surface area contributed by atoms with Gasteiger partial charge in [0.2, 0.25) is 0 Å². The highest BCUT2D eigenvalue weighted by atomic mass is 79.9. The molecule has 0 aliphatic carbocycles. The molecule has 1 unspecified atom stereocenters. The van der Waals surface area contributed by atoms with Gasteiger partial charge in [0.1, 0.15) is 0 Å². The number of halogens is 1. The molecule has 0 spiro atoms. The van der Waals surface area contributed by atoms with Crippen LogP contribution in [0.15, 0.2) is 4.47 Å². The normalized spacial score (nSPS) is 13.3. The van der Waals surface area contributed by atoms with Crippen LogP contribution in [0.2, 0.25) is 0 Å². The highest BCUT2D eigenvalue weighted by Crippen LogP contribution is 2.25. The summed E-state index contributed by atoms with van der Waals surface area (Å²) in [6.07, 6.45) is 2.34. The molecule has 0 amide bonds. The van der Waals surface area contributed by atoms with Gasteiger partial charge in [-0.05, 0) is 68.0 Å². The van der Waals surface area contributed by atoms with E-state index < -0.39 is 0 Å². The van der Waals surface area contributed by atoms with Crippen LogP contribution < -0.4 is 5.32 Å². The lowest BCUT2D eigenvalue weighted by Gasteiger charge is -2.19. The highest BCUT2D eigenvalue weighted by Gasteiger charge is 2.18. The predicted octanol–water partition coefficient (Wildman–Crippen LogP) is 3.40. The van der Waals surface area contributed by atoms with Gasteiger partial charge in [0.25, 0.3) is 0 Å². The maximum atomic E-state index is 4.57. The van der Waals surface area contributed by atoms with Crippen LogP contribution in [-0.2, 0) is 13.0 Å². The molecule has 18 heavy (non-hydrogen) atoms. The molecule has 0 aliphatic heterocycles. The van der Waals surface area contributed by atoms with Gasteiger partial charge in [0.05, 0.1) is 15.9 Å². The van der Waals surface area contributed by atoms with Crippen LogP contribution in [0.4, 0.5) is 0 Å². The lowest BCUT2D eigenvalue weighted by Crippen LogP contribution is -2.23.